The molecule has 0 radical (unpaired) electrons. The molecule has 130 valence electrons. The smallest absolute Gasteiger partial charge is 0.261 e. The number of carbonyl (C=O) groups excluding carboxylic acids is 3. The van der Waals surface area contributed by atoms with E-state index in [-0.39, 0.29) is 16.4 Å². The van der Waals surface area contributed by atoms with Crippen molar-refractivity contribution >= 4 is 40.7 Å². The summed E-state index contributed by atoms with van der Waals surface area (Å²) in [4.78, 5) is 37.7. The minimum Gasteiger partial charge on any atom is -0.321 e. The Morgan fingerprint density at radius 2 is 1.80 bits per heavy atom. The second-order valence-electron chi connectivity index (χ2n) is 5.88. The van der Waals surface area contributed by atoms with Crippen LogP contribution in [0.1, 0.15) is 32.6 Å². The van der Waals surface area contributed by atoms with Crippen LogP contribution in [0.2, 0.25) is 5.02 Å². The summed E-state index contributed by atoms with van der Waals surface area (Å²) in [5.41, 5.74) is 0.853. The minimum atomic E-state index is -0.796. The van der Waals surface area contributed by atoms with Gasteiger partial charge in [-0.15, -0.1) is 0 Å². The Morgan fingerprint density at radius 1 is 1.20 bits per heavy atom. The largest absolute Gasteiger partial charge is 0.321 e. The molecule has 1 aromatic carbocycles. The lowest BCUT2D eigenvalue weighted by atomic mass is 9.93. The molecule has 0 aromatic heterocycles. The van der Waals surface area contributed by atoms with Crippen molar-refractivity contribution in [3.8, 4) is 0 Å². The summed E-state index contributed by atoms with van der Waals surface area (Å²) in [7, 11) is 0. The van der Waals surface area contributed by atoms with Crippen molar-refractivity contribution in [2.75, 3.05) is 10.2 Å². The topological polar surface area (TPSA) is 66.5 Å². The van der Waals surface area contributed by atoms with Crippen LogP contribution in [0.15, 0.2) is 35.4 Å². The molecule has 5 nitrogen and oxygen atoms in total. The molecule has 25 heavy (non-hydrogen) atoms. The molecule has 0 atom stereocenters. The van der Waals surface area contributed by atoms with Crippen LogP contribution in [0.25, 0.3) is 0 Å². The summed E-state index contributed by atoms with van der Waals surface area (Å²) in [6, 6.07) is 2.20. The second-order valence-corrected chi connectivity index (χ2v) is 6.29. The molecular weight excluding hydrogens is 347 g/mol. The summed E-state index contributed by atoms with van der Waals surface area (Å²) in [6.07, 6.45) is 5.54. The van der Waals surface area contributed by atoms with Crippen LogP contribution in [-0.4, -0.2) is 17.7 Å². The Balaban J connectivity index is 1.99. The molecule has 0 unspecified atom stereocenters. The molecule has 2 aliphatic rings. The molecule has 3 rings (SSSR count). The number of rotatable bonds is 3. The Kier molecular flexibility index (Phi) is 4.72. The fourth-order valence-electron chi connectivity index (χ4n) is 3.09. The predicted octanol–water partition coefficient (Wildman–Crippen LogP) is 3.74. The molecule has 7 heteroatoms. The highest BCUT2D eigenvalue weighted by atomic mass is 35.5. The molecule has 1 heterocycles. The van der Waals surface area contributed by atoms with E-state index in [9.17, 15) is 18.8 Å². The van der Waals surface area contributed by atoms with Crippen LogP contribution in [0, 0.1) is 5.82 Å². The highest BCUT2D eigenvalue weighted by Crippen LogP contribution is 2.38. The van der Waals surface area contributed by atoms with E-state index in [1.54, 1.807) is 13.0 Å². The third-order valence-corrected chi connectivity index (χ3v) is 4.56. The van der Waals surface area contributed by atoms with Crippen LogP contribution in [0.3, 0.4) is 0 Å². The Labute approximate surface area is 149 Å². The van der Waals surface area contributed by atoms with Gasteiger partial charge >= 0.3 is 0 Å². The van der Waals surface area contributed by atoms with Crippen molar-refractivity contribution in [3.05, 3.63) is 46.3 Å². The number of nitrogens with one attached hydrogen (secondary N) is 1. The van der Waals surface area contributed by atoms with E-state index in [1.165, 1.54) is 12.1 Å². The molecule has 1 N–H and O–H groups in total. The van der Waals surface area contributed by atoms with Crippen LogP contribution in [0.5, 0.6) is 0 Å². The van der Waals surface area contributed by atoms with Crippen molar-refractivity contribution in [1.29, 1.82) is 0 Å². The lowest BCUT2D eigenvalue weighted by Gasteiger charge is -2.18. The predicted molar refractivity (Wildman–Crippen MR) is 92.8 cm³/mol. The number of nitrogens with zero attached hydrogens (tertiary/aromatic N) is 1. The molecule has 0 bridgehead atoms. The Morgan fingerprint density at radius 3 is 2.36 bits per heavy atom. The van der Waals surface area contributed by atoms with Gasteiger partial charge in [-0.3, -0.25) is 14.4 Å². The number of carbonyl (C=O) groups is 3. The Bertz CT molecular complexity index is 817. The maximum Gasteiger partial charge on any atom is 0.261 e. The number of allylic oxidation sites excluding steroid dienone is 1. The monoisotopic (exact) mass is 362 g/mol. The number of hydrogen-bond acceptors (Lipinski definition) is 3. The van der Waals surface area contributed by atoms with Crippen LogP contribution in [0.4, 0.5) is 15.8 Å². The lowest BCUT2D eigenvalue weighted by molar-refractivity contribution is -0.120. The number of imide groups is 1. The first-order chi connectivity index (χ1) is 11.9. The van der Waals surface area contributed by atoms with Gasteiger partial charge in [0, 0.05) is 11.1 Å². The van der Waals surface area contributed by atoms with Crippen molar-refractivity contribution in [2.24, 2.45) is 0 Å². The van der Waals surface area contributed by atoms with Gasteiger partial charge in [0.2, 0.25) is 5.91 Å². The first-order valence-corrected chi connectivity index (χ1v) is 8.35. The zero-order valence-electron chi connectivity index (χ0n) is 13.6. The van der Waals surface area contributed by atoms with E-state index in [1.807, 2.05) is 0 Å². The molecule has 1 aromatic rings. The third-order valence-electron chi connectivity index (χ3n) is 4.24. The number of halogens is 2. The molecule has 1 aliphatic heterocycles. The van der Waals surface area contributed by atoms with E-state index < -0.39 is 23.5 Å². The number of anilines is 2. The van der Waals surface area contributed by atoms with E-state index in [2.05, 4.69) is 5.32 Å². The van der Waals surface area contributed by atoms with Gasteiger partial charge in [-0.1, -0.05) is 17.7 Å². The molecular formula is C18H16ClFN2O3. The van der Waals surface area contributed by atoms with E-state index >= 15 is 0 Å². The number of benzene rings is 1. The average Bonchev–Trinajstić information content (AvgIpc) is 2.82. The van der Waals surface area contributed by atoms with E-state index in [0.29, 0.717) is 24.0 Å². The molecule has 0 fully saturated rings. The Hall–Kier alpha value is -2.47. The van der Waals surface area contributed by atoms with Crippen LogP contribution < -0.4 is 10.2 Å². The number of hydrogen-bond donors (Lipinski definition) is 1. The third kappa shape index (κ3) is 3.09. The molecule has 0 spiro atoms. The fraction of sp³-hybridized carbons (Fsp3) is 0.278. The summed E-state index contributed by atoms with van der Waals surface area (Å²) >= 11 is 5.97. The molecule has 0 saturated carbocycles. The van der Waals surface area contributed by atoms with Crippen LogP contribution >= 0.6 is 11.6 Å². The van der Waals surface area contributed by atoms with Crippen molar-refractivity contribution in [2.45, 2.75) is 32.6 Å². The second kappa shape index (κ2) is 6.80. The summed E-state index contributed by atoms with van der Waals surface area (Å²) < 4.78 is 14.4. The SMILES string of the molecule is C/C=C/C(=O)Nc1cc(N2C(=O)C3=C(CCCC3)C2=O)c(F)cc1Cl. The van der Waals surface area contributed by atoms with Gasteiger partial charge in [0.05, 0.1) is 16.4 Å². The van der Waals surface area contributed by atoms with E-state index in [4.69, 9.17) is 11.6 Å². The fourth-order valence-corrected chi connectivity index (χ4v) is 3.29. The van der Waals surface area contributed by atoms with Gasteiger partial charge in [-0.05, 0) is 50.8 Å². The highest BCUT2D eigenvalue weighted by Gasteiger charge is 2.41. The van der Waals surface area contributed by atoms with Crippen molar-refractivity contribution in [1.82, 2.24) is 0 Å². The van der Waals surface area contributed by atoms with Gasteiger partial charge in [0.15, 0.2) is 0 Å². The van der Waals surface area contributed by atoms with Gasteiger partial charge in [0.1, 0.15) is 5.82 Å². The maximum atomic E-state index is 14.4. The zero-order valence-corrected chi connectivity index (χ0v) is 14.3. The quantitative estimate of drug-likeness (QED) is 0.658. The van der Waals surface area contributed by atoms with Gasteiger partial charge in [-0.25, -0.2) is 9.29 Å². The standard InChI is InChI=1S/C18H16ClFN2O3/c1-2-5-16(23)21-14-9-15(13(20)8-12(14)19)22-17(24)10-6-3-4-7-11(10)18(22)25/h2,5,8-9H,3-4,6-7H2,1H3,(H,21,23)/b5-2+. The lowest BCUT2D eigenvalue weighted by Crippen LogP contribution is -2.32. The van der Waals surface area contributed by atoms with Gasteiger partial charge in [-0.2, -0.15) is 0 Å². The molecule has 3 amide bonds. The summed E-state index contributed by atoms with van der Waals surface area (Å²) in [5.74, 6) is -2.23. The van der Waals surface area contributed by atoms with Gasteiger partial charge < -0.3 is 5.32 Å². The minimum absolute atomic E-state index is 0.0177. The first kappa shape index (κ1) is 17.4. The zero-order chi connectivity index (χ0) is 18.1. The summed E-state index contributed by atoms with van der Waals surface area (Å²) in [5, 5.41) is 2.49. The van der Waals surface area contributed by atoms with Gasteiger partial charge in [0.25, 0.3) is 11.8 Å². The number of amides is 3. The highest BCUT2D eigenvalue weighted by molar-refractivity contribution is 6.35. The molecule has 1 aliphatic carbocycles. The maximum absolute atomic E-state index is 14.4. The van der Waals surface area contributed by atoms with Crippen molar-refractivity contribution in [3.63, 3.8) is 0 Å². The van der Waals surface area contributed by atoms with E-state index in [0.717, 1.165) is 23.8 Å². The van der Waals surface area contributed by atoms with Crippen LogP contribution in [-0.2, 0) is 14.4 Å². The first-order valence-electron chi connectivity index (χ1n) is 7.97. The van der Waals surface area contributed by atoms with Crippen molar-refractivity contribution < 1.29 is 18.8 Å². The summed E-state index contributed by atoms with van der Waals surface area (Å²) in [6.45, 7) is 1.68. The normalized spacial score (nSPS) is 17.5. The molecule has 0 saturated heterocycles. The average molecular weight is 363 g/mol.